The Hall–Kier alpha value is 0.403. The van der Waals surface area contributed by atoms with Crippen molar-refractivity contribution in [3.8, 4) is 0 Å². The third-order valence-electron chi connectivity index (χ3n) is 1.82. The van der Waals surface area contributed by atoms with Crippen LogP contribution in [0.15, 0.2) is 0 Å². The molecule has 0 unspecified atom stereocenters. The van der Waals surface area contributed by atoms with Crippen LogP contribution in [0.4, 0.5) is 0 Å². The summed E-state index contributed by atoms with van der Waals surface area (Å²) in [6.45, 7) is 7.89. The van der Waals surface area contributed by atoms with Crippen LogP contribution in [0.25, 0.3) is 0 Å². The van der Waals surface area contributed by atoms with Crippen molar-refractivity contribution in [3.05, 3.63) is 13.3 Å². The summed E-state index contributed by atoms with van der Waals surface area (Å²) in [5.41, 5.74) is 0. The maximum absolute atomic E-state index is 7.94. The molecule has 0 aromatic carbocycles. The van der Waals surface area contributed by atoms with Crippen LogP contribution in [0.1, 0.15) is 26.7 Å². The van der Waals surface area contributed by atoms with Gasteiger partial charge in [0.25, 0.3) is 0 Å². The minimum atomic E-state index is -2.28. The predicted molar refractivity (Wildman–Crippen MR) is 62.5 cm³/mol. The Morgan fingerprint density at radius 3 is 1.56 bits per heavy atom. The molecule has 0 heterocycles. The van der Waals surface area contributed by atoms with E-state index in [9.17, 15) is 0 Å². The van der Waals surface area contributed by atoms with Crippen molar-refractivity contribution < 1.29 is 32.8 Å². The van der Waals surface area contributed by atoms with Crippen LogP contribution in [-0.2, 0) is 32.8 Å². The zero-order chi connectivity index (χ0) is 13.4. The van der Waals surface area contributed by atoms with E-state index in [0.29, 0.717) is 0 Å². The van der Waals surface area contributed by atoms with Crippen molar-refractivity contribution >= 4 is 8.80 Å². The molecule has 0 spiro atoms. The Morgan fingerprint density at radius 2 is 1.50 bits per heavy atom. The molecule has 0 bridgehead atoms. The van der Waals surface area contributed by atoms with Gasteiger partial charge in [-0.15, -0.1) is 0 Å². The molecule has 0 saturated carbocycles. The van der Waals surface area contributed by atoms with E-state index in [4.69, 9.17) is 17.1 Å². The average molecular weight is 295 g/mol. The number of unbranched alkanes of at least 4 members (excludes halogenated alkanes) is 1. The summed E-state index contributed by atoms with van der Waals surface area (Å²) in [7, 11) is 2.54. The molecule has 103 valence electrons. The fraction of sp³-hybridized carbons (Fsp3) is 0.800. The van der Waals surface area contributed by atoms with Crippen LogP contribution in [0, 0.1) is 13.3 Å². The zero-order valence-corrected chi connectivity index (χ0v) is 12.9. The van der Waals surface area contributed by atoms with Crippen molar-refractivity contribution in [1.82, 2.24) is 0 Å². The van der Waals surface area contributed by atoms with Gasteiger partial charge in [0.15, 0.2) is 0 Å². The molecule has 0 amide bonds. The molecule has 0 aliphatic carbocycles. The molecule has 0 aromatic rings. The molecule has 0 aliphatic rings. The first kappa shape index (κ1) is 21.7. The second-order valence-corrected chi connectivity index (χ2v) is 5.81. The standard InChI is InChI=1S/C6H15O3Si.C4H9.Co.O/c1-5-6-10(7-2,8-3)9-4;1-3-4-2;;/h1,5-6H2,2-4H3;3H,4H2,1-2H3;;/q2*-1;;. The SMILES string of the molecule is C[CH-]CC.[CH2-]CC[Si](OC)(OC)OC.[O]=[Co]. The molecule has 0 radical (unpaired) electrons. The van der Waals surface area contributed by atoms with E-state index in [1.54, 1.807) is 21.3 Å². The molecular formula is C10H24CoO4Si-2. The summed E-state index contributed by atoms with van der Waals surface area (Å²) in [6.07, 6.45) is 4.10. The van der Waals surface area contributed by atoms with Gasteiger partial charge in [0.2, 0.25) is 0 Å². The predicted octanol–water partition coefficient (Wildman–Crippen LogP) is 2.59. The molecule has 4 nitrogen and oxygen atoms in total. The van der Waals surface area contributed by atoms with Gasteiger partial charge in [-0.3, -0.25) is 0 Å². The van der Waals surface area contributed by atoms with E-state index in [-0.39, 0.29) is 0 Å². The van der Waals surface area contributed by atoms with Crippen LogP contribution >= 0.6 is 0 Å². The first-order valence-corrected chi connectivity index (χ1v) is 7.38. The second kappa shape index (κ2) is 17.8. The second-order valence-electron chi connectivity index (χ2n) is 2.72. The molecule has 16 heavy (non-hydrogen) atoms. The van der Waals surface area contributed by atoms with E-state index in [1.807, 2.05) is 0 Å². The van der Waals surface area contributed by atoms with Gasteiger partial charge in [-0.05, 0) is 6.04 Å². The summed E-state index contributed by atoms with van der Waals surface area (Å²) in [4.78, 5) is 0. The first-order valence-electron chi connectivity index (χ1n) is 5.02. The number of hydrogen-bond donors (Lipinski definition) is 0. The molecule has 0 atom stereocenters. The molecule has 0 aromatic heterocycles. The van der Waals surface area contributed by atoms with Crippen LogP contribution < -0.4 is 0 Å². The summed E-state index contributed by atoms with van der Waals surface area (Å²) in [5.74, 6) is 0. The van der Waals surface area contributed by atoms with Crippen molar-refractivity contribution in [2.24, 2.45) is 0 Å². The van der Waals surface area contributed by atoms with Gasteiger partial charge < -0.3 is 26.6 Å². The van der Waals surface area contributed by atoms with Crippen LogP contribution in [0.2, 0.25) is 6.04 Å². The zero-order valence-electron chi connectivity index (χ0n) is 10.9. The topological polar surface area (TPSA) is 44.8 Å². The Kier molecular flexibility index (Phi) is 24.1. The van der Waals surface area contributed by atoms with Crippen LogP contribution in [0.5, 0.6) is 0 Å². The molecule has 0 saturated heterocycles. The first-order chi connectivity index (χ1) is 7.66. The van der Waals surface area contributed by atoms with Gasteiger partial charge in [0, 0.05) is 21.3 Å². The Bertz CT molecular complexity index is 113. The molecule has 0 N–H and O–H groups in total. The molecule has 0 aliphatic heterocycles. The summed E-state index contributed by atoms with van der Waals surface area (Å²) in [5, 5.41) is 0. The van der Waals surface area contributed by atoms with E-state index >= 15 is 0 Å². The Balaban J connectivity index is -0.000000237. The molecule has 6 heteroatoms. The molecule has 0 fully saturated rings. The fourth-order valence-corrected chi connectivity index (χ4v) is 2.32. The van der Waals surface area contributed by atoms with Crippen molar-refractivity contribution in [3.63, 3.8) is 0 Å². The van der Waals surface area contributed by atoms with Crippen LogP contribution in [0.3, 0.4) is 0 Å². The van der Waals surface area contributed by atoms with Gasteiger partial charge in [-0.25, -0.2) is 0 Å². The van der Waals surface area contributed by atoms with Crippen molar-refractivity contribution in [1.29, 1.82) is 0 Å². The molecule has 0 rings (SSSR count). The fourth-order valence-electron chi connectivity index (χ4n) is 0.773. The number of hydrogen-bond acceptors (Lipinski definition) is 4. The summed E-state index contributed by atoms with van der Waals surface area (Å²) < 4.78 is 23.3. The van der Waals surface area contributed by atoms with Gasteiger partial charge in [0.1, 0.15) is 0 Å². The van der Waals surface area contributed by atoms with Crippen LogP contribution in [-0.4, -0.2) is 30.1 Å². The van der Waals surface area contributed by atoms with Gasteiger partial charge in [-0.2, -0.15) is 19.8 Å². The van der Waals surface area contributed by atoms with E-state index < -0.39 is 8.80 Å². The molecular weight excluding hydrogens is 271 g/mol. The van der Waals surface area contributed by atoms with E-state index in [0.717, 1.165) is 12.5 Å². The van der Waals surface area contributed by atoms with Gasteiger partial charge in [-0.1, -0.05) is 6.92 Å². The maximum atomic E-state index is 7.94. The normalized spacial score (nSPS) is 9.69. The van der Waals surface area contributed by atoms with E-state index in [2.05, 4.69) is 42.9 Å². The third kappa shape index (κ3) is 12.5. The monoisotopic (exact) mass is 295 g/mol. The quantitative estimate of drug-likeness (QED) is 0.558. The van der Waals surface area contributed by atoms with Crippen molar-refractivity contribution in [2.45, 2.75) is 32.7 Å². The van der Waals surface area contributed by atoms with E-state index in [1.165, 1.54) is 6.42 Å². The summed E-state index contributed by atoms with van der Waals surface area (Å²) >= 11 is 2.31. The Morgan fingerprint density at radius 1 is 1.19 bits per heavy atom. The Labute approximate surface area is 109 Å². The summed E-state index contributed by atoms with van der Waals surface area (Å²) in [6, 6.07) is 0.774. The minimum absolute atomic E-state index is 0.774. The van der Waals surface area contributed by atoms with Crippen molar-refractivity contribution in [2.75, 3.05) is 21.3 Å². The average Bonchev–Trinajstić information content (AvgIpc) is 2.39. The van der Waals surface area contributed by atoms with Gasteiger partial charge >= 0.3 is 28.3 Å². The third-order valence-corrected chi connectivity index (χ3v) is 4.66. The van der Waals surface area contributed by atoms with Gasteiger partial charge in [0.05, 0.1) is 0 Å². The number of rotatable bonds is 6.